The number of amides is 3. The highest BCUT2D eigenvalue weighted by Gasteiger charge is 2.27. The average molecular weight is 558 g/mol. The van der Waals surface area contributed by atoms with Crippen LogP contribution in [0.5, 0.6) is 0 Å². The SMILES string of the molecule is Cc1ccc2c(c1)Nc1c(cnn1C)CN2C(=O)c1ccc(CNC(=O)N2CCN(CCC(C)(C)C)CC2)c(C)c1. The number of benzene rings is 2. The molecule has 0 atom stereocenters. The Bertz CT molecular complexity index is 1430. The molecule has 1 aromatic heterocycles. The Kier molecular flexibility index (Phi) is 8.09. The molecule has 2 aromatic carbocycles. The Morgan fingerprint density at radius 2 is 1.78 bits per heavy atom. The van der Waals surface area contributed by atoms with Crippen LogP contribution in [0.15, 0.2) is 42.6 Å². The third-order valence-electron chi connectivity index (χ3n) is 8.14. The van der Waals surface area contributed by atoms with E-state index < -0.39 is 0 Å². The van der Waals surface area contributed by atoms with Crippen molar-refractivity contribution in [2.75, 3.05) is 42.9 Å². The van der Waals surface area contributed by atoms with Crippen molar-refractivity contribution in [2.45, 2.75) is 54.1 Å². The van der Waals surface area contributed by atoms with Crippen molar-refractivity contribution < 1.29 is 9.59 Å². The fourth-order valence-corrected chi connectivity index (χ4v) is 5.44. The lowest BCUT2D eigenvalue weighted by molar-refractivity contribution is 0.0985. The van der Waals surface area contributed by atoms with Crippen molar-refractivity contribution in [2.24, 2.45) is 12.5 Å². The summed E-state index contributed by atoms with van der Waals surface area (Å²) in [5.74, 6) is 0.817. The molecule has 0 unspecified atom stereocenters. The lowest BCUT2D eigenvalue weighted by atomic mass is 9.92. The molecule has 0 spiro atoms. The van der Waals surface area contributed by atoms with E-state index in [1.54, 1.807) is 4.68 Å². The van der Waals surface area contributed by atoms with Gasteiger partial charge in [-0.25, -0.2) is 4.79 Å². The third-order valence-corrected chi connectivity index (χ3v) is 8.14. The van der Waals surface area contributed by atoms with Crippen LogP contribution in [-0.4, -0.2) is 64.2 Å². The van der Waals surface area contributed by atoms with E-state index >= 15 is 0 Å². The number of hydrogen-bond acceptors (Lipinski definition) is 5. The molecule has 2 N–H and O–H groups in total. The maximum Gasteiger partial charge on any atom is 0.317 e. The molecule has 1 saturated heterocycles. The Morgan fingerprint density at radius 1 is 1.02 bits per heavy atom. The fourth-order valence-electron chi connectivity index (χ4n) is 5.44. The van der Waals surface area contributed by atoms with Crippen molar-refractivity contribution in [3.05, 3.63) is 70.4 Å². The second-order valence-electron chi connectivity index (χ2n) is 12.6. The summed E-state index contributed by atoms with van der Waals surface area (Å²) in [5.41, 5.74) is 6.70. The minimum Gasteiger partial charge on any atom is -0.338 e. The highest BCUT2D eigenvalue weighted by atomic mass is 16.2. The molecule has 5 rings (SSSR count). The summed E-state index contributed by atoms with van der Waals surface area (Å²) in [7, 11) is 1.90. The summed E-state index contributed by atoms with van der Waals surface area (Å²) in [5, 5.41) is 11.0. The van der Waals surface area contributed by atoms with Gasteiger partial charge >= 0.3 is 6.03 Å². The lowest BCUT2D eigenvalue weighted by Gasteiger charge is -2.36. The van der Waals surface area contributed by atoms with Gasteiger partial charge in [0.25, 0.3) is 5.91 Å². The van der Waals surface area contributed by atoms with Crippen molar-refractivity contribution in [3.8, 4) is 0 Å². The van der Waals surface area contributed by atoms with E-state index in [-0.39, 0.29) is 11.9 Å². The summed E-state index contributed by atoms with van der Waals surface area (Å²) >= 11 is 0. The number of aromatic nitrogens is 2. The van der Waals surface area contributed by atoms with Crippen molar-refractivity contribution in [1.29, 1.82) is 0 Å². The second kappa shape index (κ2) is 11.6. The first-order valence-electron chi connectivity index (χ1n) is 14.5. The number of anilines is 3. The van der Waals surface area contributed by atoms with Crippen LogP contribution in [0, 0.1) is 19.3 Å². The minimum absolute atomic E-state index is 0.0312. The molecule has 218 valence electrons. The van der Waals surface area contributed by atoms with Gasteiger partial charge in [0.2, 0.25) is 0 Å². The molecule has 2 aliphatic rings. The van der Waals surface area contributed by atoms with Crippen LogP contribution in [0.1, 0.15) is 59.8 Å². The number of rotatable bonds is 5. The number of nitrogens with one attached hydrogen (secondary N) is 2. The molecule has 0 bridgehead atoms. The number of carbonyl (C=O) groups is 2. The molecule has 0 aliphatic carbocycles. The van der Waals surface area contributed by atoms with E-state index in [9.17, 15) is 9.59 Å². The number of nitrogens with zero attached hydrogens (tertiary/aromatic N) is 5. The molecule has 9 heteroatoms. The zero-order valence-electron chi connectivity index (χ0n) is 25.3. The van der Waals surface area contributed by atoms with Crippen molar-refractivity contribution >= 4 is 29.1 Å². The van der Waals surface area contributed by atoms with Gasteiger partial charge < -0.3 is 20.4 Å². The van der Waals surface area contributed by atoms with Crippen molar-refractivity contribution in [1.82, 2.24) is 24.9 Å². The number of carbonyl (C=O) groups excluding carboxylic acids is 2. The van der Waals surface area contributed by atoms with Gasteiger partial charge in [0, 0.05) is 50.9 Å². The van der Waals surface area contributed by atoms with Gasteiger partial charge in [0.15, 0.2) is 0 Å². The van der Waals surface area contributed by atoms with Crippen LogP contribution in [0.2, 0.25) is 0 Å². The molecule has 41 heavy (non-hydrogen) atoms. The molecule has 9 nitrogen and oxygen atoms in total. The normalized spacial score (nSPS) is 15.6. The van der Waals surface area contributed by atoms with Crippen LogP contribution < -0.4 is 15.5 Å². The highest BCUT2D eigenvalue weighted by molar-refractivity contribution is 6.08. The number of aryl methyl sites for hydroxylation is 3. The molecular formula is C32H43N7O2. The molecule has 0 saturated carbocycles. The Labute approximate surface area is 243 Å². The van der Waals surface area contributed by atoms with Gasteiger partial charge in [-0.3, -0.25) is 14.4 Å². The first kappa shape index (κ1) is 28.7. The Hall–Kier alpha value is -3.85. The van der Waals surface area contributed by atoms with Crippen LogP contribution in [0.3, 0.4) is 0 Å². The summed E-state index contributed by atoms with van der Waals surface area (Å²) in [4.78, 5) is 32.9. The first-order valence-corrected chi connectivity index (χ1v) is 14.5. The van der Waals surface area contributed by atoms with Gasteiger partial charge in [0.1, 0.15) is 5.82 Å². The zero-order valence-corrected chi connectivity index (χ0v) is 25.3. The molecular weight excluding hydrogens is 514 g/mol. The second-order valence-corrected chi connectivity index (χ2v) is 12.6. The summed E-state index contributed by atoms with van der Waals surface area (Å²) < 4.78 is 1.80. The number of hydrogen-bond donors (Lipinski definition) is 2. The predicted octanol–water partition coefficient (Wildman–Crippen LogP) is 5.20. The summed E-state index contributed by atoms with van der Waals surface area (Å²) in [6, 6.07) is 11.8. The fraction of sp³-hybridized carbons (Fsp3) is 0.469. The first-order chi connectivity index (χ1) is 19.5. The van der Waals surface area contributed by atoms with Gasteiger partial charge in [0.05, 0.1) is 24.1 Å². The molecule has 3 heterocycles. The number of piperazine rings is 1. The quantitative estimate of drug-likeness (QED) is 0.450. The highest BCUT2D eigenvalue weighted by Crippen LogP contribution is 2.37. The van der Waals surface area contributed by atoms with Gasteiger partial charge in [-0.1, -0.05) is 32.9 Å². The van der Waals surface area contributed by atoms with E-state index in [0.717, 1.165) is 78.6 Å². The van der Waals surface area contributed by atoms with E-state index in [2.05, 4.69) is 47.5 Å². The van der Waals surface area contributed by atoms with E-state index in [1.165, 1.54) is 0 Å². The number of fused-ring (bicyclic) bond motifs is 2. The van der Waals surface area contributed by atoms with Crippen LogP contribution >= 0.6 is 0 Å². The third kappa shape index (κ3) is 6.56. The molecule has 2 aliphatic heterocycles. The standard InChI is InChI=1S/C32H43N7O2/c1-22-7-10-28-27(17-22)35-29-26(20-34-36(29)6)21-39(28)30(40)24-8-9-25(23(2)18-24)19-33-31(41)38-15-13-37(14-16-38)12-11-32(3,4)5/h7-10,17-18,20,35H,11-16,19,21H2,1-6H3,(H,33,41). The van der Waals surface area contributed by atoms with Crippen LogP contribution in [0.25, 0.3) is 0 Å². The van der Waals surface area contributed by atoms with Crippen LogP contribution in [-0.2, 0) is 20.1 Å². The average Bonchev–Trinajstić information content (AvgIpc) is 3.18. The monoisotopic (exact) mass is 557 g/mol. The molecule has 3 aromatic rings. The Morgan fingerprint density at radius 3 is 2.49 bits per heavy atom. The van der Waals surface area contributed by atoms with E-state index in [0.29, 0.717) is 24.1 Å². The molecule has 3 amide bonds. The maximum atomic E-state index is 13.9. The van der Waals surface area contributed by atoms with E-state index in [1.807, 2.05) is 67.2 Å². The van der Waals surface area contributed by atoms with Crippen LogP contribution in [0.4, 0.5) is 22.0 Å². The topological polar surface area (TPSA) is 85.7 Å². The molecule has 0 radical (unpaired) electrons. The smallest absolute Gasteiger partial charge is 0.317 e. The summed E-state index contributed by atoms with van der Waals surface area (Å²) in [6.45, 7) is 16.1. The van der Waals surface area contributed by atoms with Crippen molar-refractivity contribution in [3.63, 3.8) is 0 Å². The Balaban J connectivity index is 1.23. The zero-order chi connectivity index (χ0) is 29.3. The number of urea groups is 1. The predicted molar refractivity (Wildman–Crippen MR) is 164 cm³/mol. The van der Waals surface area contributed by atoms with E-state index in [4.69, 9.17) is 0 Å². The minimum atomic E-state index is -0.0726. The summed E-state index contributed by atoms with van der Waals surface area (Å²) in [6.07, 6.45) is 2.96. The lowest BCUT2D eigenvalue weighted by Crippen LogP contribution is -2.52. The van der Waals surface area contributed by atoms with Gasteiger partial charge in [-0.2, -0.15) is 5.10 Å². The van der Waals surface area contributed by atoms with Gasteiger partial charge in [-0.05, 0) is 73.2 Å². The maximum absolute atomic E-state index is 13.9. The molecule has 1 fully saturated rings. The largest absolute Gasteiger partial charge is 0.338 e. The van der Waals surface area contributed by atoms with Gasteiger partial charge in [-0.15, -0.1) is 0 Å².